The molecule has 1 N–H and O–H groups in total. The van der Waals surface area contributed by atoms with Gasteiger partial charge >= 0.3 is 5.97 Å². The van der Waals surface area contributed by atoms with Crippen LogP contribution in [0, 0.1) is 0 Å². The van der Waals surface area contributed by atoms with E-state index in [0.717, 1.165) is 11.5 Å². The van der Waals surface area contributed by atoms with E-state index in [4.69, 9.17) is 16.7 Å². The third-order valence-corrected chi connectivity index (χ3v) is 1.81. The van der Waals surface area contributed by atoms with Gasteiger partial charge in [0.1, 0.15) is 10.0 Å². The maximum absolute atomic E-state index is 10.1. The Morgan fingerprint density at radius 1 is 1.80 bits per heavy atom. The number of rotatable bonds is 2. The number of halogens is 1. The standard InChI is InChI=1S/C4H3ClN2O2S/c5-4-2(1-3(8)9)6-7-10-4/h1H2,(H,8,9). The van der Waals surface area contributed by atoms with Crippen LogP contribution in [0.15, 0.2) is 0 Å². The molecule has 54 valence electrons. The van der Waals surface area contributed by atoms with Crippen molar-refractivity contribution < 1.29 is 9.90 Å². The molecule has 6 heteroatoms. The van der Waals surface area contributed by atoms with Gasteiger partial charge in [0.2, 0.25) is 0 Å². The molecule has 1 rings (SSSR count). The lowest BCUT2D eigenvalue weighted by atomic mass is 10.3. The van der Waals surface area contributed by atoms with E-state index < -0.39 is 5.97 Å². The Kier molecular flexibility index (Phi) is 2.18. The molecular weight excluding hydrogens is 176 g/mol. The van der Waals surface area contributed by atoms with Gasteiger partial charge in [-0.05, 0) is 0 Å². The zero-order chi connectivity index (χ0) is 7.56. The van der Waals surface area contributed by atoms with Crippen LogP contribution in [0.25, 0.3) is 0 Å². The molecule has 0 aliphatic rings. The average Bonchev–Trinajstić information content (AvgIpc) is 2.15. The Bertz CT molecular complexity index is 249. The molecule has 1 heterocycles. The van der Waals surface area contributed by atoms with Crippen molar-refractivity contribution in [2.45, 2.75) is 6.42 Å². The van der Waals surface area contributed by atoms with E-state index in [1.165, 1.54) is 0 Å². The molecule has 0 saturated carbocycles. The molecule has 0 unspecified atom stereocenters. The van der Waals surface area contributed by atoms with Gasteiger partial charge in [0.25, 0.3) is 0 Å². The maximum atomic E-state index is 10.1. The molecule has 0 saturated heterocycles. The van der Waals surface area contributed by atoms with Crippen LogP contribution < -0.4 is 0 Å². The van der Waals surface area contributed by atoms with Crippen molar-refractivity contribution in [3.05, 3.63) is 10.0 Å². The van der Waals surface area contributed by atoms with Crippen LogP contribution in [-0.4, -0.2) is 20.7 Å². The zero-order valence-corrected chi connectivity index (χ0v) is 6.32. The fourth-order valence-corrected chi connectivity index (χ4v) is 1.07. The van der Waals surface area contributed by atoms with Crippen molar-refractivity contribution in [3.8, 4) is 0 Å². The topological polar surface area (TPSA) is 63.1 Å². The smallest absolute Gasteiger partial charge is 0.309 e. The molecule has 0 aliphatic heterocycles. The van der Waals surface area contributed by atoms with Crippen LogP contribution in [-0.2, 0) is 11.2 Å². The number of carboxylic acids is 1. The summed E-state index contributed by atoms with van der Waals surface area (Å²) in [5, 5.41) is 11.8. The Hall–Kier alpha value is -0.680. The third-order valence-electron chi connectivity index (χ3n) is 0.828. The van der Waals surface area contributed by atoms with E-state index in [-0.39, 0.29) is 6.42 Å². The van der Waals surface area contributed by atoms with Crippen LogP contribution in [0.2, 0.25) is 4.34 Å². The predicted molar refractivity (Wildman–Crippen MR) is 36.3 cm³/mol. The summed E-state index contributed by atoms with van der Waals surface area (Å²) in [5.74, 6) is -0.949. The summed E-state index contributed by atoms with van der Waals surface area (Å²) in [4.78, 5) is 10.1. The van der Waals surface area contributed by atoms with Gasteiger partial charge < -0.3 is 5.11 Å². The summed E-state index contributed by atoms with van der Waals surface area (Å²) < 4.78 is 3.82. The highest BCUT2D eigenvalue weighted by atomic mass is 35.5. The number of aromatic nitrogens is 2. The minimum Gasteiger partial charge on any atom is -0.481 e. The molecule has 1 aromatic rings. The van der Waals surface area contributed by atoms with Crippen molar-refractivity contribution in [2.24, 2.45) is 0 Å². The Balaban J connectivity index is 2.74. The Labute approximate surface area is 65.6 Å². The number of carboxylic acid groups (broad SMARTS) is 1. The highest BCUT2D eigenvalue weighted by molar-refractivity contribution is 7.10. The van der Waals surface area contributed by atoms with Gasteiger partial charge in [-0.2, -0.15) is 0 Å². The van der Waals surface area contributed by atoms with Crippen molar-refractivity contribution in [1.82, 2.24) is 9.59 Å². The zero-order valence-electron chi connectivity index (χ0n) is 4.74. The first-order valence-electron chi connectivity index (χ1n) is 2.38. The van der Waals surface area contributed by atoms with Gasteiger partial charge in [-0.3, -0.25) is 4.79 Å². The molecule has 0 spiro atoms. The second kappa shape index (κ2) is 2.94. The van der Waals surface area contributed by atoms with Crippen LogP contribution >= 0.6 is 23.1 Å². The van der Waals surface area contributed by atoms with E-state index in [1.54, 1.807) is 0 Å². The lowest BCUT2D eigenvalue weighted by Crippen LogP contribution is -2.00. The molecule has 0 aliphatic carbocycles. The predicted octanol–water partition coefficient (Wildman–Crippen LogP) is 0.819. The van der Waals surface area contributed by atoms with Gasteiger partial charge in [-0.15, -0.1) is 5.10 Å². The normalized spacial score (nSPS) is 9.70. The Morgan fingerprint density at radius 3 is 2.90 bits per heavy atom. The Morgan fingerprint density at radius 2 is 2.50 bits per heavy atom. The second-order valence-corrected chi connectivity index (χ2v) is 2.92. The monoisotopic (exact) mass is 178 g/mol. The lowest BCUT2D eigenvalue weighted by Gasteiger charge is -1.86. The average molecular weight is 179 g/mol. The first-order valence-corrected chi connectivity index (χ1v) is 3.54. The third kappa shape index (κ3) is 1.65. The van der Waals surface area contributed by atoms with Crippen molar-refractivity contribution in [3.63, 3.8) is 0 Å². The van der Waals surface area contributed by atoms with E-state index in [9.17, 15) is 4.79 Å². The summed E-state index contributed by atoms with van der Waals surface area (Å²) in [6, 6.07) is 0. The van der Waals surface area contributed by atoms with Gasteiger partial charge in [0.05, 0.1) is 6.42 Å². The highest BCUT2D eigenvalue weighted by Crippen LogP contribution is 2.17. The van der Waals surface area contributed by atoms with Crippen LogP contribution in [0.4, 0.5) is 0 Å². The SMILES string of the molecule is O=C(O)Cc1nnsc1Cl. The number of nitrogens with zero attached hydrogens (tertiary/aromatic N) is 2. The minimum atomic E-state index is -0.949. The molecule has 4 nitrogen and oxygen atoms in total. The first kappa shape index (κ1) is 7.43. The molecule has 0 aromatic carbocycles. The fraction of sp³-hybridized carbons (Fsp3) is 0.250. The summed E-state index contributed by atoms with van der Waals surface area (Å²) in [5.41, 5.74) is 0.333. The van der Waals surface area contributed by atoms with Crippen LogP contribution in [0.5, 0.6) is 0 Å². The number of carbonyl (C=O) groups is 1. The van der Waals surface area contributed by atoms with Gasteiger partial charge in [-0.1, -0.05) is 16.1 Å². The molecular formula is C4H3ClN2O2S. The summed E-state index contributed by atoms with van der Waals surface area (Å²) in [6.07, 6.45) is -0.157. The van der Waals surface area contributed by atoms with E-state index in [1.807, 2.05) is 0 Å². The first-order chi connectivity index (χ1) is 4.70. The molecule has 0 bridgehead atoms. The van der Waals surface area contributed by atoms with Crippen molar-refractivity contribution >= 4 is 29.1 Å². The molecule has 0 amide bonds. The van der Waals surface area contributed by atoms with Crippen LogP contribution in [0.3, 0.4) is 0 Å². The van der Waals surface area contributed by atoms with Gasteiger partial charge in [0, 0.05) is 11.5 Å². The minimum absolute atomic E-state index is 0.157. The summed E-state index contributed by atoms with van der Waals surface area (Å²) >= 11 is 6.50. The van der Waals surface area contributed by atoms with E-state index in [2.05, 4.69) is 9.59 Å². The van der Waals surface area contributed by atoms with E-state index in [0.29, 0.717) is 10.0 Å². The van der Waals surface area contributed by atoms with Crippen LogP contribution in [0.1, 0.15) is 5.69 Å². The molecule has 0 radical (unpaired) electrons. The quantitative estimate of drug-likeness (QED) is 0.728. The fourth-order valence-electron chi connectivity index (χ4n) is 0.446. The number of aliphatic carboxylic acids is 1. The molecule has 0 atom stereocenters. The van der Waals surface area contributed by atoms with Gasteiger partial charge in [-0.25, -0.2) is 0 Å². The number of hydrogen-bond acceptors (Lipinski definition) is 4. The second-order valence-electron chi connectivity index (χ2n) is 1.56. The maximum Gasteiger partial charge on any atom is 0.309 e. The highest BCUT2D eigenvalue weighted by Gasteiger charge is 2.08. The molecule has 10 heavy (non-hydrogen) atoms. The van der Waals surface area contributed by atoms with Crippen molar-refractivity contribution in [1.29, 1.82) is 0 Å². The lowest BCUT2D eigenvalue weighted by molar-refractivity contribution is -0.136. The molecule has 0 fully saturated rings. The summed E-state index contributed by atoms with van der Waals surface area (Å²) in [6.45, 7) is 0. The largest absolute Gasteiger partial charge is 0.481 e. The summed E-state index contributed by atoms with van der Waals surface area (Å²) in [7, 11) is 0. The van der Waals surface area contributed by atoms with E-state index >= 15 is 0 Å². The number of hydrogen-bond donors (Lipinski definition) is 1. The van der Waals surface area contributed by atoms with Gasteiger partial charge in [0.15, 0.2) is 0 Å². The van der Waals surface area contributed by atoms with Crippen molar-refractivity contribution in [2.75, 3.05) is 0 Å². The molecule has 1 aromatic heterocycles.